The van der Waals surface area contributed by atoms with Crippen LogP contribution in [0.25, 0.3) is 0 Å². The summed E-state index contributed by atoms with van der Waals surface area (Å²) in [6, 6.07) is 0. The molecule has 1 fully saturated rings. The Labute approximate surface area is 80.7 Å². The first kappa shape index (κ1) is 10.4. The highest BCUT2D eigenvalue weighted by molar-refractivity contribution is 7.99. The third-order valence-corrected chi connectivity index (χ3v) is 3.94. The van der Waals surface area contributed by atoms with E-state index in [1.54, 1.807) is 0 Å². The second-order valence-electron chi connectivity index (χ2n) is 3.76. The van der Waals surface area contributed by atoms with Crippen LogP contribution in [0.4, 0.5) is 0 Å². The van der Waals surface area contributed by atoms with E-state index in [4.69, 9.17) is 0 Å². The van der Waals surface area contributed by atoms with E-state index in [1.807, 2.05) is 0 Å². The van der Waals surface area contributed by atoms with Crippen LogP contribution >= 0.6 is 11.8 Å². The molecule has 0 atom stereocenters. The first-order valence-electron chi connectivity index (χ1n) is 5.11. The van der Waals surface area contributed by atoms with Crippen molar-refractivity contribution in [3.05, 3.63) is 0 Å². The molecule has 0 unspecified atom stereocenters. The lowest BCUT2D eigenvalue weighted by molar-refractivity contribution is 0.145. The van der Waals surface area contributed by atoms with Gasteiger partial charge >= 0.3 is 0 Å². The fourth-order valence-corrected chi connectivity index (χ4v) is 2.41. The molecule has 0 aromatic rings. The largest absolute Gasteiger partial charge is 0.316 e. The Morgan fingerprint density at radius 1 is 1.33 bits per heavy atom. The second kappa shape index (κ2) is 5.13. The van der Waals surface area contributed by atoms with Crippen LogP contribution in [0.3, 0.4) is 0 Å². The quantitative estimate of drug-likeness (QED) is 0.641. The van der Waals surface area contributed by atoms with Crippen molar-refractivity contribution < 1.29 is 0 Å². The van der Waals surface area contributed by atoms with Crippen molar-refractivity contribution in [1.82, 2.24) is 5.32 Å². The molecule has 0 aromatic carbocycles. The number of hydrogen-bond acceptors (Lipinski definition) is 2. The molecule has 12 heavy (non-hydrogen) atoms. The van der Waals surface area contributed by atoms with Crippen LogP contribution in [0.1, 0.15) is 33.1 Å². The van der Waals surface area contributed by atoms with E-state index in [9.17, 15) is 0 Å². The third-order valence-electron chi connectivity index (χ3n) is 2.95. The minimum Gasteiger partial charge on any atom is -0.316 e. The van der Waals surface area contributed by atoms with E-state index >= 15 is 0 Å². The van der Waals surface area contributed by atoms with Crippen LogP contribution in [0, 0.1) is 5.41 Å². The highest BCUT2D eigenvalue weighted by Crippen LogP contribution is 2.32. The smallest absolute Gasteiger partial charge is 0.00201 e. The Kier molecular flexibility index (Phi) is 4.44. The van der Waals surface area contributed by atoms with E-state index in [0.717, 1.165) is 0 Å². The fourth-order valence-electron chi connectivity index (χ4n) is 1.78. The van der Waals surface area contributed by atoms with Crippen molar-refractivity contribution in [2.24, 2.45) is 5.41 Å². The highest BCUT2D eigenvalue weighted by atomic mass is 32.2. The van der Waals surface area contributed by atoms with E-state index in [1.165, 1.54) is 43.9 Å². The van der Waals surface area contributed by atoms with Crippen molar-refractivity contribution in [1.29, 1.82) is 0 Å². The molecule has 1 nitrogen and oxygen atoms in total. The molecule has 0 radical (unpaired) electrons. The molecule has 1 N–H and O–H groups in total. The molecule has 0 amide bonds. The summed E-state index contributed by atoms with van der Waals surface area (Å²) in [6.45, 7) is 7.10. The maximum Gasteiger partial charge on any atom is 0.00201 e. The summed E-state index contributed by atoms with van der Waals surface area (Å²) in [5.41, 5.74) is 0.689. The van der Waals surface area contributed by atoms with Crippen molar-refractivity contribution in [3.8, 4) is 0 Å². The average Bonchev–Trinajstić information content (AvgIpc) is 2.02. The van der Waals surface area contributed by atoms with Gasteiger partial charge in [-0.1, -0.05) is 13.8 Å². The monoisotopic (exact) mass is 187 g/mol. The Morgan fingerprint density at radius 2 is 2.08 bits per heavy atom. The molecule has 1 heterocycles. The summed E-state index contributed by atoms with van der Waals surface area (Å²) < 4.78 is 0. The Balaban J connectivity index is 2.04. The van der Waals surface area contributed by atoms with Crippen molar-refractivity contribution in [2.75, 3.05) is 24.6 Å². The van der Waals surface area contributed by atoms with Gasteiger partial charge in [0.15, 0.2) is 0 Å². The molecular weight excluding hydrogens is 166 g/mol. The maximum absolute atomic E-state index is 3.39. The van der Waals surface area contributed by atoms with Crippen LogP contribution in [-0.4, -0.2) is 24.6 Å². The van der Waals surface area contributed by atoms with Crippen molar-refractivity contribution in [3.63, 3.8) is 0 Å². The minimum atomic E-state index is 0.689. The van der Waals surface area contributed by atoms with E-state index < -0.39 is 0 Å². The first-order chi connectivity index (χ1) is 5.83. The molecule has 72 valence electrons. The molecule has 0 bridgehead atoms. The van der Waals surface area contributed by atoms with Gasteiger partial charge in [0.2, 0.25) is 0 Å². The molecule has 1 saturated heterocycles. The van der Waals surface area contributed by atoms with Crippen LogP contribution in [-0.2, 0) is 0 Å². The predicted molar refractivity (Wildman–Crippen MR) is 57.8 cm³/mol. The molecule has 0 aliphatic carbocycles. The zero-order valence-corrected chi connectivity index (χ0v) is 9.17. The normalized spacial score (nSPS) is 20.5. The van der Waals surface area contributed by atoms with Crippen LogP contribution < -0.4 is 5.32 Å². The second-order valence-corrected chi connectivity index (χ2v) is 5.15. The molecule has 0 saturated carbocycles. The standard InChI is InChI=1S/C10H21NS/c1-3-10(8-11-9-10)6-5-7-12-4-2/h11H,3-9H2,1-2H3. The van der Waals surface area contributed by atoms with E-state index in [0.29, 0.717) is 5.41 Å². The van der Waals surface area contributed by atoms with Gasteiger partial charge < -0.3 is 5.32 Å². The molecule has 0 spiro atoms. The van der Waals surface area contributed by atoms with Gasteiger partial charge in [-0.25, -0.2) is 0 Å². The average molecular weight is 187 g/mol. The number of nitrogens with one attached hydrogen (secondary N) is 1. The Morgan fingerprint density at radius 3 is 2.50 bits per heavy atom. The summed E-state index contributed by atoms with van der Waals surface area (Å²) >= 11 is 2.07. The Bertz CT molecular complexity index is 115. The third kappa shape index (κ3) is 2.67. The summed E-state index contributed by atoms with van der Waals surface area (Å²) in [5.74, 6) is 2.63. The predicted octanol–water partition coefficient (Wildman–Crippen LogP) is 2.52. The van der Waals surface area contributed by atoms with Gasteiger partial charge in [-0.05, 0) is 36.2 Å². The first-order valence-corrected chi connectivity index (χ1v) is 6.27. The topological polar surface area (TPSA) is 12.0 Å². The SMILES string of the molecule is CCSCCCC1(CC)CNC1. The summed E-state index contributed by atoms with van der Waals surface area (Å²) in [6.07, 6.45) is 4.20. The van der Waals surface area contributed by atoms with Gasteiger partial charge in [-0.15, -0.1) is 0 Å². The Hall–Kier alpha value is 0.310. The molecule has 1 aliphatic rings. The molecular formula is C10H21NS. The summed E-state index contributed by atoms with van der Waals surface area (Å²) in [5, 5.41) is 3.39. The number of thioether (sulfide) groups is 1. The van der Waals surface area contributed by atoms with Crippen LogP contribution in [0.5, 0.6) is 0 Å². The number of rotatable bonds is 6. The van der Waals surface area contributed by atoms with Gasteiger partial charge in [0.25, 0.3) is 0 Å². The zero-order valence-electron chi connectivity index (χ0n) is 8.36. The van der Waals surface area contributed by atoms with Gasteiger partial charge in [-0.3, -0.25) is 0 Å². The maximum atomic E-state index is 3.39. The van der Waals surface area contributed by atoms with Crippen molar-refractivity contribution >= 4 is 11.8 Å². The molecule has 1 aliphatic heterocycles. The lowest BCUT2D eigenvalue weighted by atomic mass is 9.76. The van der Waals surface area contributed by atoms with Gasteiger partial charge in [0, 0.05) is 13.1 Å². The van der Waals surface area contributed by atoms with Crippen LogP contribution in [0.2, 0.25) is 0 Å². The van der Waals surface area contributed by atoms with Crippen LogP contribution in [0.15, 0.2) is 0 Å². The van der Waals surface area contributed by atoms with Gasteiger partial charge in [0.05, 0.1) is 0 Å². The van der Waals surface area contributed by atoms with Gasteiger partial charge in [-0.2, -0.15) is 11.8 Å². The van der Waals surface area contributed by atoms with Crippen molar-refractivity contribution in [2.45, 2.75) is 33.1 Å². The summed E-state index contributed by atoms with van der Waals surface area (Å²) in [7, 11) is 0. The molecule has 1 rings (SSSR count). The van der Waals surface area contributed by atoms with E-state index in [-0.39, 0.29) is 0 Å². The molecule has 2 heteroatoms. The number of hydrogen-bond donors (Lipinski definition) is 1. The zero-order chi connectivity index (χ0) is 8.86. The minimum absolute atomic E-state index is 0.689. The summed E-state index contributed by atoms with van der Waals surface area (Å²) in [4.78, 5) is 0. The fraction of sp³-hybridized carbons (Fsp3) is 1.00. The van der Waals surface area contributed by atoms with E-state index in [2.05, 4.69) is 30.9 Å². The highest BCUT2D eigenvalue weighted by Gasteiger charge is 2.33. The molecule has 0 aromatic heterocycles. The van der Waals surface area contributed by atoms with Gasteiger partial charge in [0.1, 0.15) is 0 Å². The lowest BCUT2D eigenvalue weighted by Crippen LogP contribution is -2.52. The lowest BCUT2D eigenvalue weighted by Gasteiger charge is -2.42.